The third-order valence-electron chi connectivity index (χ3n) is 12.3. The summed E-state index contributed by atoms with van der Waals surface area (Å²) < 4.78 is 211. The first-order chi connectivity index (χ1) is 42.3. The Labute approximate surface area is 418 Å². The second kappa shape index (κ2) is 15.3. The third-order valence-corrected chi connectivity index (χ3v) is 12.3. The number of hydrogen-bond acceptors (Lipinski definition) is 1. The molecule has 2 aliphatic carbocycles. The van der Waals surface area contributed by atoms with E-state index in [1.807, 2.05) is 54.6 Å². The second-order valence-electron chi connectivity index (χ2n) is 15.8. The van der Waals surface area contributed by atoms with E-state index in [1.54, 1.807) is 35.2 Å². The predicted molar refractivity (Wildman–Crippen MR) is 277 cm³/mol. The normalized spacial score (nSPS) is 17.5. The van der Waals surface area contributed by atoms with Crippen LogP contribution in [0.4, 0.5) is 17.1 Å². The minimum absolute atomic E-state index is 0.278. The number of benzene rings is 11. The average Bonchev–Trinajstić information content (AvgIpc) is 1.58. The molecule has 0 saturated carbocycles. The average molecular weight is 861 g/mol. The van der Waals surface area contributed by atoms with Gasteiger partial charge in [0.1, 0.15) is 0 Å². The van der Waals surface area contributed by atoms with Gasteiger partial charge < -0.3 is 4.90 Å². The largest absolute Gasteiger partial charge is 0.310 e. The Hall–Kier alpha value is -8.52. The molecule has 0 unspecified atom stereocenters. The molecule has 0 radical (unpaired) electrons. The van der Waals surface area contributed by atoms with Crippen LogP contribution < -0.4 is 4.90 Å². The fourth-order valence-electron chi connectivity index (χ4n) is 9.59. The smallest absolute Gasteiger partial charge is 0.0726 e. The van der Waals surface area contributed by atoms with Crippen molar-refractivity contribution < 1.29 is 31.5 Å². The summed E-state index contributed by atoms with van der Waals surface area (Å²) in [5.41, 5.74) is 1.63. The zero-order chi connectivity index (χ0) is 63.6. The van der Waals surface area contributed by atoms with Gasteiger partial charge in [0.2, 0.25) is 0 Å². The molecule has 2 aliphatic rings. The van der Waals surface area contributed by atoms with E-state index >= 15 is 0 Å². The summed E-state index contributed by atoms with van der Waals surface area (Å²) >= 11 is 0. The van der Waals surface area contributed by atoms with Crippen LogP contribution in [-0.2, 0) is 5.41 Å². The maximum Gasteiger partial charge on any atom is 0.0726 e. The van der Waals surface area contributed by atoms with Gasteiger partial charge in [0.25, 0.3) is 0 Å². The summed E-state index contributed by atoms with van der Waals surface area (Å²) in [7, 11) is 0. The molecule has 0 saturated heterocycles. The molecule has 308 valence electrons. The van der Waals surface area contributed by atoms with Crippen molar-refractivity contribution in [2.45, 2.75) is 5.41 Å². The number of rotatable bonds is 7. The molecule has 0 fully saturated rings. The van der Waals surface area contributed by atoms with Gasteiger partial charge in [0, 0.05) is 17.1 Å². The van der Waals surface area contributed by atoms with E-state index in [9.17, 15) is 15.1 Å². The summed E-state index contributed by atoms with van der Waals surface area (Å²) in [6.45, 7) is 0. The van der Waals surface area contributed by atoms with Gasteiger partial charge in [-0.2, -0.15) is 0 Å². The van der Waals surface area contributed by atoms with Crippen molar-refractivity contribution >= 4 is 27.8 Å². The van der Waals surface area contributed by atoms with Crippen molar-refractivity contribution in [2.24, 2.45) is 0 Å². The monoisotopic (exact) mass is 860 g/mol. The van der Waals surface area contributed by atoms with Crippen LogP contribution in [0.5, 0.6) is 0 Å². The summed E-state index contributed by atoms with van der Waals surface area (Å²) in [6.07, 6.45) is 0. The van der Waals surface area contributed by atoms with Gasteiger partial charge in [0.15, 0.2) is 0 Å². The van der Waals surface area contributed by atoms with E-state index < -0.39 is 200 Å². The van der Waals surface area contributed by atoms with Crippen LogP contribution in [0.15, 0.2) is 260 Å². The van der Waals surface area contributed by atoms with Gasteiger partial charge in [-0.15, -0.1) is 0 Å². The van der Waals surface area contributed by atoms with E-state index in [0.29, 0.717) is 11.4 Å². The number of anilines is 3. The topological polar surface area (TPSA) is 3.24 Å². The highest BCUT2D eigenvalue weighted by molar-refractivity contribution is 6.04. The van der Waals surface area contributed by atoms with Crippen molar-refractivity contribution in [3.05, 3.63) is 283 Å². The van der Waals surface area contributed by atoms with Crippen LogP contribution in [0.1, 0.15) is 53.8 Å². The van der Waals surface area contributed by atoms with Gasteiger partial charge in [-0.05, 0) is 136 Å². The number of para-hydroxylation sites is 1. The lowest BCUT2D eigenvalue weighted by molar-refractivity contribution is 0.793. The first kappa shape index (κ1) is 21.4. The molecule has 0 amide bonds. The zero-order valence-electron chi connectivity index (χ0n) is 57.5. The molecule has 1 spiro atoms. The molecule has 0 atom stereocenters. The Kier molecular flexibility index (Phi) is 4.98. The van der Waals surface area contributed by atoms with Crippen LogP contribution in [0.25, 0.3) is 77.5 Å². The SMILES string of the molecule is [2H]c1c([2H])c([2H])c(-c2c([2H])c([2H])c(-c3c([2H])c([2H])c(-c4c(-c5c([2H])c([2H])c(N(c6ccccc6)c6ccc7c(c6)C6(c8ccccc8-c8ccccc86)c6ccccc6-7)c([2H])c5[2H])c([2H])c([2H])c5c([2H])c([2H])c([2H])c([2H])c45)c([2H])c3[2H])c([2H])c2[2H])c([2H])c1[2H]. The standard InChI is InChI=1S/C65H43N/c1-3-15-44(16-4-1)45-27-29-46(30-28-45)47-31-33-50(34-32-47)64-54-20-8-7-17-48(54)37-41-55(64)49-35-38-52(39-36-49)66(51-18-5-2-6-19-51)53-40-42-59-58-23-11-14-26-62(58)65(63(59)43-53)60-24-12-9-21-56(60)57-22-10-13-25-61(57)65/h1-43H/i1D,3D,4D,7D,8D,15D,16D,17D,20D,27D,28D,29D,30D,31D,32D,33D,34D,35D,36D,37D,38D,39D,41D. The van der Waals surface area contributed by atoms with Crippen molar-refractivity contribution in [3.8, 4) is 66.8 Å². The lowest BCUT2D eigenvalue weighted by atomic mass is 9.70. The fourth-order valence-corrected chi connectivity index (χ4v) is 9.59. The molecule has 11 aromatic rings. The minimum Gasteiger partial charge on any atom is -0.310 e. The van der Waals surface area contributed by atoms with Crippen molar-refractivity contribution in [1.29, 1.82) is 0 Å². The summed E-state index contributed by atoms with van der Waals surface area (Å²) in [5, 5.41) is -1.28. The van der Waals surface area contributed by atoms with Gasteiger partial charge in [-0.1, -0.05) is 224 Å². The Morgan fingerprint density at radius 1 is 0.303 bits per heavy atom. The van der Waals surface area contributed by atoms with E-state index in [4.69, 9.17) is 16.4 Å². The maximum absolute atomic E-state index is 10.0. The van der Waals surface area contributed by atoms with Gasteiger partial charge in [-0.25, -0.2) is 0 Å². The molecule has 11 aromatic carbocycles. The summed E-state index contributed by atoms with van der Waals surface area (Å²) in [4.78, 5) is 1.58. The Morgan fingerprint density at radius 2 is 0.788 bits per heavy atom. The molecule has 1 nitrogen and oxygen atoms in total. The quantitative estimate of drug-likeness (QED) is 0.154. The van der Waals surface area contributed by atoms with E-state index in [1.165, 1.54) is 0 Å². The van der Waals surface area contributed by atoms with Crippen LogP contribution >= 0.6 is 0 Å². The van der Waals surface area contributed by atoms with E-state index in [0.717, 1.165) is 44.5 Å². The lowest BCUT2D eigenvalue weighted by Gasteiger charge is -2.32. The molecule has 66 heavy (non-hydrogen) atoms. The second-order valence-corrected chi connectivity index (χ2v) is 15.8. The van der Waals surface area contributed by atoms with E-state index in [2.05, 4.69) is 36.4 Å². The van der Waals surface area contributed by atoms with Gasteiger partial charge in [-0.3, -0.25) is 0 Å². The fraction of sp³-hybridized carbons (Fsp3) is 0.0154. The van der Waals surface area contributed by atoms with E-state index in [-0.39, 0.29) is 5.69 Å². The number of fused-ring (bicyclic) bond motifs is 11. The maximum atomic E-state index is 10.0. The minimum atomic E-state index is -1.06. The molecule has 0 bridgehead atoms. The molecule has 13 rings (SSSR count). The van der Waals surface area contributed by atoms with Crippen molar-refractivity contribution in [1.82, 2.24) is 0 Å². The Balaban J connectivity index is 1.07. The summed E-state index contributed by atoms with van der Waals surface area (Å²) in [5.74, 6) is 0. The predicted octanol–water partition coefficient (Wildman–Crippen LogP) is 17.3. The Bertz CT molecular complexity index is 4840. The third kappa shape index (κ3) is 5.87. The van der Waals surface area contributed by atoms with Crippen LogP contribution in [0.3, 0.4) is 0 Å². The van der Waals surface area contributed by atoms with Crippen molar-refractivity contribution in [3.63, 3.8) is 0 Å². The van der Waals surface area contributed by atoms with Crippen LogP contribution in [-0.4, -0.2) is 0 Å². The Morgan fingerprint density at radius 3 is 1.39 bits per heavy atom. The van der Waals surface area contributed by atoms with Crippen molar-refractivity contribution in [2.75, 3.05) is 4.90 Å². The van der Waals surface area contributed by atoms with Crippen LogP contribution in [0, 0.1) is 0 Å². The van der Waals surface area contributed by atoms with Gasteiger partial charge >= 0.3 is 0 Å². The lowest BCUT2D eigenvalue weighted by Crippen LogP contribution is -2.26. The molecule has 0 aromatic heterocycles. The highest BCUT2D eigenvalue weighted by Crippen LogP contribution is 2.63. The first-order valence-corrected chi connectivity index (χ1v) is 21.1. The molecule has 0 heterocycles. The van der Waals surface area contributed by atoms with Gasteiger partial charge in [0.05, 0.1) is 36.9 Å². The molecular weight excluding hydrogens is 795 g/mol. The number of hydrogen-bond donors (Lipinski definition) is 0. The van der Waals surface area contributed by atoms with Crippen LogP contribution in [0.2, 0.25) is 0 Å². The molecule has 0 aliphatic heterocycles. The first-order valence-electron chi connectivity index (χ1n) is 32.6. The summed E-state index contributed by atoms with van der Waals surface area (Å²) in [6, 6.07) is 18.2. The zero-order valence-corrected chi connectivity index (χ0v) is 34.5. The molecular formula is C65H43N. The highest BCUT2D eigenvalue weighted by atomic mass is 15.1. The molecule has 0 N–H and O–H groups in total. The molecule has 1 heteroatoms. The highest BCUT2D eigenvalue weighted by Gasteiger charge is 2.51. The number of nitrogens with zero attached hydrogens (tertiary/aromatic N) is 1.